The van der Waals surface area contributed by atoms with E-state index in [2.05, 4.69) is 20.8 Å². The van der Waals surface area contributed by atoms with Crippen molar-refractivity contribution in [3.63, 3.8) is 0 Å². The fraction of sp³-hybridized carbons (Fsp3) is 0.975. The van der Waals surface area contributed by atoms with Crippen LogP contribution in [0.25, 0.3) is 0 Å². The highest BCUT2D eigenvalue weighted by molar-refractivity contribution is 5.71. The summed E-state index contributed by atoms with van der Waals surface area (Å²) in [5.74, 6) is -7.94. The third kappa shape index (κ3) is 6.40. The van der Waals surface area contributed by atoms with Crippen LogP contribution in [0, 0.1) is 47.3 Å². The van der Waals surface area contributed by atoms with Crippen LogP contribution >= 0.6 is 0 Å². The van der Waals surface area contributed by atoms with Gasteiger partial charge < -0.3 is 33.2 Å². The molecule has 10 rings (SSSR count). The van der Waals surface area contributed by atoms with Gasteiger partial charge in [0, 0.05) is 49.6 Å². The lowest BCUT2D eigenvalue weighted by Crippen LogP contribution is -2.76. The summed E-state index contributed by atoms with van der Waals surface area (Å²) >= 11 is 0. The van der Waals surface area contributed by atoms with Crippen LogP contribution in [0.5, 0.6) is 0 Å². The van der Waals surface area contributed by atoms with Crippen molar-refractivity contribution in [3.05, 3.63) is 0 Å². The summed E-state index contributed by atoms with van der Waals surface area (Å²) in [4.78, 5) is 38.6. The normalized spacial score (nSPS) is 50.9. The zero-order valence-electron chi connectivity index (χ0n) is 34.2. The minimum atomic E-state index is -4.92. The average molecular weight is 806 g/mol. The molecule has 0 N–H and O–H groups in total. The van der Waals surface area contributed by atoms with Gasteiger partial charge in [0.1, 0.15) is 0 Å². The fourth-order valence-corrected chi connectivity index (χ4v) is 12.1. The van der Waals surface area contributed by atoms with Gasteiger partial charge in [-0.15, -0.1) is 0 Å². The van der Waals surface area contributed by atoms with Gasteiger partial charge in [-0.25, -0.2) is 19.6 Å². The molecule has 56 heavy (non-hydrogen) atoms. The Bertz CT molecular complexity index is 1480. The molecule has 8 saturated heterocycles. The molecule has 2 spiro atoms. The number of halogens is 3. The van der Waals surface area contributed by atoms with Gasteiger partial charge in [0.2, 0.25) is 11.6 Å². The molecule has 8 heterocycles. The average Bonchev–Trinajstić information content (AvgIpc) is 3.50. The molecular weight excluding hydrogens is 743 g/mol. The van der Waals surface area contributed by atoms with Crippen LogP contribution in [-0.2, 0) is 57.5 Å². The highest BCUT2D eigenvalue weighted by Crippen LogP contribution is 2.65. The van der Waals surface area contributed by atoms with Gasteiger partial charge in [0.25, 0.3) is 5.79 Å². The van der Waals surface area contributed by atoms with Crippen molar-refractivity contribution >= 4 is 5.97 Å². The van der Waals surface area contributed by atoms with Crippen LogP contribution < -0.4 is 0 Å². The van der Waals surface area contributed by atoms with Crippen molar-refractivity contribution in [3.8, 4) is 0 Å². The summed E-state index contributed by atoms with van der Waals surface area (Å²) in [5.41, 5.74) is -1.95. The second-order valence-electron chi connectivity index (χ2n) is 18.6. The Labute approximate surface area is 327 Å². The predicted octanol–water partition coefficient (Wildman–Crippen LogP) is 6.62. The molecule has 4 bridgehead atoms. The quantitative estimate of drug-likeness (QED) is 0.164. The fourth-order valence-electron chi connectivity index (χ4n) is 12.1. The van der Waals surface area contributed by atoms with Crippen molar-refractivity contribution in [2.45, 2.75) is 160 Å². The van der Waals surface area contributed by atoms with Gasteiger partial charge in [-0.3, -0.25) is 9.69 Å². The Morgan fingerprint density at radius 1 is 0.679 bits per heavy atom. The molecule has 13 nitrogen and oxygen atoms in total. The highest BCUT2D eigenvalue weighted by Gasteiger charge is 2.77. The van der Waals surface area contributed by atoms with Crippen molar-refractivity contribution in [1.29, 1.82) is 0 Å². The number of rotatable bonds is 11. The second-order valence-corrected chi connectivity index (χ2v) is 18.6. The van der Waals surface area contributed by atoms with E-state index in [1.54, 1.807) is 18.7 Å². The van der Waals surface area contributed by atoms with E-state index in [9.17, 15) is 4.79 Å². The third-order valence-electron chi connectivity index (χ3n) is 15.4. The number of alkyl halides is 3. The number of ether oxygens (including phenoxy) is 7. The summed E-state index contributed by atoms with van der Waals surface area (Å²) < 4.78 is 89.7. The van der Waals surface area contributed by atoms with Gasteiger partial charge in [-0.05, 0) is 89.9 Å². The maximum atomic E-state index is 15.5. The van der Waals surface area contributed by atoms with Gasteiger partial charge in [-0.2, -0.15) is 13.2 Å². The molecule has 10 aliphatic rings. The number of hydrogen-bond donors (Lipinski definition) is 0. The molecule has 0 unspecified atom stereocenters. The van der Waals surface area contributed by atoms with Gasteiger partial charge in [-0.1, -0.05) is 27.7 Å². The second kappa shape index (κ2) is 14.5. The lowest BCUT2D eigenvalue weighted by Gasteiger charge is -2.62. The number of carbonyl (C=O) groups is 1. The Kier molecular flexibility index (Phi) is 10.7. The van der Waals surface area contributed by atoms with E-state index >= 15 is 13.2 Å². The first-order chi connectivity index (χ1) is 26.4. The summed E-state index contributed by atoms with van der Waals surface area (Å²) in [5, 5.41) is 0. The Morgan fingerprint density at radius 3 is 1.73 bits per heavy atom. The zero-order chi connectivity index (χ0) is 40.1. The molecule has 16 heteroatoms. The summed E-state index contributed by atoms with van der Waals surface area (Å²) in [6.45, 7) is 15.0. The van der Waals surface area contributed by atoms with Gasteiger partial charge in [0.15, 0.2) is 29.6 Å². The standard InChI is InChI=1S/C40H62F3NO12/c1-9-46-31(45)22-44(18-20-47-36(8)25(4)29-12-10-23(2)27-14-16-34(6)49-32(51-36)37(27,29)55-53-34)19-21-48-39(40(41,42)43)26(5)30-13-11-24(3)28-15-17-35(7)50-33(52-39)38(28,30)56-54-35/h23-30,32-33H,9-22H2,1-8H3/t23-,24-,25-,26-,27+,28+,29+,30+,32+,33+,34+,35+,36+,37-,38-,39-/m1/s1. The number of fused-ring (bicyclic) bond motifs is 4. The van der Waals surface area contributed by atoms with Crippen LogP contribution in [0.2, 0.25) is 0 Å². The van der Waals surface area contributed by atoms with E-state index in [-0.39, 0.29) is 62.4 Å². The first-order valence-electron chi connectivity index (χ1n) is 21.0. The Morgan fingerprint density at radius 2 is 1.20 bits per heavy atom. The minimum Gasteiger partial charge on any atom is -0.465 e. The van der Waals surface area contributed by atoms with Gasteiger partial charge in [0.05, 0.1) is 26.4 Å². The molecule has 0 aromatic carbocycles. The predicted molar refractivity (Wildman–Crippen MR) is 188 cm³/mol. The van der Waals surface area contributed by atoms with Crippen molar-refractivity contribution < 1.29 is 70.7 Å². The number of carbonyl (C=O) groups excluding carboxylic acids is 1. The molecule has 2 saturated carbocycles. The maximum absolute atomic E-state index is 15.5. The number of esters is 1. The smallest absolute Gasteiger partial charge is 0.443 e. The molecule has 0 aromatic rings. The number of hydrogen-bond acceptors (Lipinski definition) is 13. The van der Waals surface area contributed by atoms with Crippen LogP contribution in [0.15, 0.2) is 0 Å². The van der Waals surface area contributed by atoms with E-state index in [4.69, 9.17) is 52.7 Å². The van der Waals surface area contributed by atoms with E-state index in [0.717, 1.165) is 25.7 Å². The van der Waals surface area contributed by atoms with Crippen molar-refractivity contribution in [2.24, 2.45) is 47.3 Å². The zero-order valence-corrected chi connectivity index (χ0v) is 34.2. The molecule has 16 atom stereocenters. The van der Waals surface area contributed by atoms with Crippen molar-refractivity contribution in [2.75, 3.05) is 39.5 Å². The van der Waals surface area contributed by atoms with Crippen LogP contribution in [0.1, 0.15) is 107 Å². The largest absolute Gasteiger partial charge is 0.465 e. The first-order valence-corrected chi connectivity index (χ1v) is 21.0. The molecule has 320 valence electrons. The summed E-state index contributed by atoms with van der Waals surface area (Å²) in [7, 11) is 0. The van der Waals surface area contributed by atoms with Crippen LogP contribution in [0.4, 0.5) is 13.2 Å². The highest BCUT2D eigenvalue weighted by atomic mass is 19.4. The SMILES string of the molecule is CCOC(=O)CN(CCO[C@@]1(C)O[C@@H]2O[C@]3(C)CC[C@H]4[C@H](C)CC[C@@H]([C@H]1C)[C@@]24OO3)CCO[C@@]1(C(F)(F)F)O[C@@H]2O[C@]3(C)CC[C@H]4[C@H](C)CC[C@@H]([C@H]1C)[C@@]24OO3. The van der Waals surface area contributed by atoms with Crippen molar-refractivity contribution in [1.82, 2.24) is 4.90 Å². The lowest BCUT2D eigenvalue weighted by atomic mass is 9.57. The minimum absolute atomic E-state index is 0.0316. The maximum Gasteiger partial charge on any atom is 0.443 e. The summed E-state index contributed by atoms with van der Waals surface area (Å²) in [6.07, 6.45) is -1.10. The van der Waals surface area contributed by atoms with Crippen LogP contribution in [0.3, 0.4) is 0 Å². The van der Waals surface area contributed by atoms with E-state index < -0.39 is 77.5 Å². The topological polar surface area (TPSA) is 122 Å². The monoisotopic (exact) mass is 805 g/mol. The molecule has 10 fully saturated rings. The van der Waals surface area contributed by atoms with Gasteiger partial charge >= 0.3 is 12.1 Å². The molecule has 8 aliphatic heterocycles. The Balaban J connectivity index is 0.975. The van der Waals surface area contributed by atoms with E-state index in [1.165, 1.54) is 6.92 Å². The molecule has 0 radical (unpaired) electrons. The first kappa shape index (κ1) is 41.5. The third-order valence-corrected chi connectivity index (χ3v) is 15.4. The molecule has 2 aliphatic carbocycles. The Hall–Kier alpha value is -1.18. The summed E-state index contributed by atoms with van der Waals surface area (Å²) in [6, 6.07) is 0. The molecular formula is C40H62F3NO12. The van der Waals surface area contributed by atoms with E-state index in [0.29, 0.717) is 31.6 Å². The molecule has 0 amide bonds. The van der Waals surface area contributed by atoms with Crippen LogP contribution in [-0.4, -0.2) is 103 Å². The van der Waals surface area contributed by atoms with E-state index in [1.807, 2.05) is 13.8 Å². The lowest BCUT2D eigenvalue weighted by molar-refractivity contribution is -0.598. The molecule has 0 aromatic heterocycles. The number of nitrogens with zero attached hydrogens (tertiary/aromatic N) is 1.